The molecule has 116 valence electrons. The summed E-state index contributed by atoms with van der Waals surface area (Å²) in [6, 6.07) is 0. The summed E-state index contributed by atoms with van der Waals surface area (Å²) >= 11 is 0. The molecule has 0 spiro atoms. The summed E-state index contributed by atoms with van der Waals surface area (Å²) < 4.78 is 0. The smallest absolute Gasteiger partial charge is 0.0355 e. The molecule has 0 radical (unpaired) electrons. The molecule has 0 bridgehead atoms. The average Bonchev–Trinajstić information content (AvgIpc) is 2.47. The molecule has 6 atom stereocenters. The highest BCUT2D eigenvalue weighted by molar-refractivity contribution is 4.94. The molecule has 0 heterocycles. The summed E-state index contributed by atoms with van der Waals surface area (Å²) in [4.78, 5) is 0. The van der Waals surface area contributed by atoms with Crippen LogP contribution in [0.3, 0.4) is 0 Å². The van der Waals surface area contributed by atoms with E-state index in [9.17, 15) is 0 Å². The molecule has 3 saturated carbocycles. The monoisotopic (exact) mass is 276 g/mol. The first-order valence-corrected chi connectivity index (χ1v) is 9.81. The van der Waals surface area contributed by atoms with Gasteiger partial charge < -0.3 is 0 Å². The summed E-state index contributed by atoms with van der Waals surface area (Å²) in [6.07, 6.45) is 18.5. The Kier molecular flexibility index (Phi) is 5.10. The first-order chi connectivity index (χ1) is 9.81. The molecule has 3 rings (SSSR count). The zero-order valence-corrected chi connectivity index (χ0v) is 13.9. The lowest BCUT2D eigenvalue weighted by molar-refractivity contribution is -0.00417. The number of fused-ring (bicyclic) bond motifs is 3. The molecule has 20 heavy (non-hydrogen) atoms. The molecule has 0 heteroatoms. The third kappa shape index (κ3) is 3.09. The van der Waals surface area contributed by atoms with Crippen LogP contribution in [0, 0.1) is 35.5 Å². The van der Waals surface area contributed by atoms with Crippen LogP contribution in [0.15, 0.2) is 0 Å². The fourth-order valence-electron chi connectivity index (χ4n) is 6.33. The van der Waals surface area contributed by atoms with Gasteiger partial charge in [-0.2, -0.15) is 0 Å². The van der Waals surface area contributed by atoms with Gasteiger partial charge >= 0.3 is 0 Å². The molecule has 3 fully saturated rings. The predicted octanol–water partition coefficient (Wildman–Crippen LogP) is 6.45. The molecule has 0 aromatic carbocycles. The molecule has 0 aromatic rings. The van der Waals surface area contributed by atoms with E-state index in [2.05, 4.69) is 13.8 Å². The molecule has 3 aliphatic rings. The Labute approximate surface area is 127 Å². The predicted molar refractivity (Wildman–Crippen MR) is 87.7 cm³/mol. The second kappa shape index (κ2) is 6.84. The van der Waals surface area contributed by atoms with Gasteiger partial charge in [0.05, 0.1) is 0 Å². The van der Waals surface area contributed by atoms with Crippen LogP contribution in [0.25, 0.3) is 0 Å². The van der Waals surface area contributed by atoms with Crippen molar-refractivity contribution in [2.24, 2.45) is 35.5 Å². The minimum Gasteiger partial charge on any atom is -0.0654 e. The fraction of sp³-hybridized carbons (Fsp3) is 1.00. The highest BCUT2D eigenvalue weighted by Gasteiger charge is 2.44. The summed E-state index contributed by atoms with van der Waals surface area (Å²) in [5.41, 5.74) is 0. The van der Waals surface area contributed by atoms with Gasteiger partial charge in [-0.15, -0.1) is 0 Å². The number of hydrogen-bond acceptors (Lipinski definition) is 0. The Morgan fingerprint density at radius 1 is 0.600 bits per heavy atom. The zero-order chi connectivity index (χ0) is 13.9. The first kappa shape index (κ1) is 14.9. The largest absolute Gasteiger partial charge is 0.0654 e. The second-order valence-electron chi connectivity index (χ2n) is 8.36. The first-order valence-electron chi connectivity index (χ1n) is 9.81. The number of rotatable bonds is 4. The molecule has 0 N–H and O–H groups in total. The van der Waals surface area contributed by atoms with E-state index in [4.69, 9.17) is 0 Å². The molecule has 0 saturated heterocycles. The van der Waals surface area contributed by atoms with Gasteiger partial charge in [-0.25, -0.2) is 0 Å². The van der Waals surface area contributed by atoms with Gasteiger partial charge in [-0.3, -0.25) is 0 Å². The quantitative estimate of drug-likeness (QED) is 0.554. The Hall–Kier alpha value is 0. The SMILES string of the molecule is CCC[C@@H]1CCC2C(CCC3C[C@H](CCC)CCC32)C1. The van der Waals surface area contributed by atoms with Gasteiger partial charge in [0.1, 0.15) is 0 Å². The van der Waals surface area contributed by atoms with Crippen molar-refractivity contribution < 1.29 is 0 Å². The van der Waals surface area contributed by atoms with Crippen LogP contribution in [0.4, 0.5) is 0 Å². The molecular formula is C20H36. The van der Waals surface area contributed by atoms with Crippen molar-refractivity contribution in [2.45, 2.75) is 90.9 Å². The van der Waals surface area contributed by atoms with E-state index < -0.39 is 0 Å². The molecule has 0 aliphatic heterocycles. The van der Waals surface area contributed by atoms with Crippen molar-refractivity contribution in [3.63, 3.8) is 0 Å². The highest BCUT2D eigenvalue weighted by Crippen LogP contribution is 2.54. The topological polar surface area (TPSA) is 0 Å². The van der Waals surface area contributed by atoms with Crippen LogP contribution < -0.4 is 0 Å². The average molecular weight is 277 g/mol. The molecule has 3 aliphatic carbocycles. The van der Waals surface area contributed by atoms with Crippen LogP contribution in [0.2, 0.25) is 0 Å². The Balaban J connectivity index is 1.57. The Bertz CT molecular complexity index is 264. The van der Waals surface area contributed by atoms with Gasteiger partial charge in [0.15, 0.2) is 0 Å². The molecule has 0 aromatic heterocycles. The van der Waals surface area contributed by atoms with Crippen molar-refractivity contribution in [1.29, 1.82) is 0 Å². The van der Waals surface area contributed by atoms with E-state index in [0.717, 1.165) is 35.5 Å². The van der Waals surface area contributed by atoms with Crippen LogP contribution >= 0.6 is 0 Å². The summed E-state index contributed by atoms with van der Waals surface area (Å²) in [5.74, 6) is 6.73. The van der Waals surface area contributed by atoms with E-state index in [-0.39, 0.29) is 0 Å². The van der Waals surface area contributed by atoms with E-state index in [0.29, 0.717) is 0 Å². The molecular weight excluding hydrogens is 240 g/mol. The van der Waals surface area contributed by atoms with Crippen LogP contribution in [-0.2, 0) is 0 Å². The lowest BCUT2D eigenvalue weighted by Gasteiger charge is -2.51. The van der Waals surface area contributed by atoms with E-state index in [1.165, 1.54) is 25.7 Å². The van der Waals surface area contributed by atoms with E-state index in [1.807, 2.05) is 0 Å². The van der Waals surface area contributed by atoms with E-state index >= 15 is 0 Å². The van der Waals surface area contributed by atoms with Gasteiger partial charge in [-0.05, 0) is 74.0 Å². The highest BCUT2D eigenvalue weighted by atomic mass is 14.5. The van der Waals surface area contributed by atoms with Crippen molar-refractivity contribution in [2.75, 3.05) is 0 Å². The maximum Gasteiger partial charge on any atom is -0.0355 e. The van der Waals surface area contributed by atoms with Gasteiger partial charge in [-0.1, -0.05) is 52.4 Å². The molecule has 4 unspecified atom stereocenters. The van der Waals surface area contributed by atoms with Crippen molar-refractivity contribution >= 4 is 0 Å². The van der Waals surface area contributed by atoms with Gasteiger partial charge in [0.25, 0.3) is 0 Å². The fourth-order valence-corrected chi connectivity index (χ4v) is 6.33. The summed E-state index contributed by atoms with van der Waals surface area (Å²) in [5, 5.41) is 0. The van der Waals surface area contributed by atoms with Gasteiger partial charge in [0, 0.05) is 0 Å². The lowest BCUT2D eigenvalue weighted by atomic mass is 9.55. The maximum absolute atomic E-state index is 2.37. The Morgan fingerprint density at radius 3 is 1.45 bits per heavy atom. The number of hydrogen-bond donors (Lipinski definition) is 0. The second-order valence-corrected chi connectivity index (χ2v) is 8.36. The van der Waals surface area contributed by atoms with E-state index in [1.54, 1.807) is 51.4 Å². The van der Waals surface area contributed by atoms with Crippen LogP contribution in [-0.4, -0.2) is 0 Å². The van der Waals surface area contributed by atoms with Crippen LogP contribution in [0.5, 0.6) is 0 Å². The van der Waals surface area contributed by atoms with Crippen LogP contribution in [0.1, 0.15) is 90.9 Å². The minimum atomic E-state index is 1.09. The summed E-state index contributed by atoms with van der Waals surface area (Å²) in [6.45, 7) is 4.75. The molecule has 0 nitrogen and oxygen atoms in total. The zero-order valence-electron chi connectivity index (χ0n) is 13.9. The van der Waals surface area contributed by atoms with Crippen molar-refractivity contribution in [3.8, 4) is 0 Å². The Morgan fingerprint density at radius 2 is 1.05 bits per heavy atom. The third-order valence-corrected chi connectivity index (χ3v) is 7.15. The summed E-state index contributed by atoms with van der Waals surface area (Å²) in [7, 11) is 0. The maximum atomic E-state index is 2.37. The van der Waals surface area contributed by atoms with Crippen molar-refractivity contribution in [1.82, 2.24) is 0 Å². The lowest BCUT2D eigenvalue weighted by Crippen LogP contribution is -2.41. The standard InChI is InChI=1S/C20H36/c1-3-5-15-7-11-19-17(13-15)9-10-18-14-16(6-4-2)8-12-20(18)19/h15-20H,3-14H2,1-2H3/t15-,16-,17?,18?,19?,20?/m1/s1. The van der Waals surface area contributed by atoms with Gasteiger partial charge in [0.2, 0.25) is 0 Å². The normalized spacial score (nSPS) is 44.7. The molecule has 0 amide bonds. The third-order valence-electron chi connectivity index (χ3n) is 7.15. The minimum absolute atomic E-state index is 1.09. The van der Waals surface area contributed by atoms with Crippen molar-refractivity contribution in [3.05, 3.63) is 0 Å².